The number of nitrogens with zero attached hydrogens (tertiary/aromatic N) is 1. The van der Waals surface area contributed by atoms with Crippen LogP contribution in [0.25, 0.3) is 10.8 Å². The maximum Gasteiger partial charge on any atom is 0.259 e. The summed E-state index contributed by atoms with van der Waals surface area (Å²) in [5, 5.41) is 2.06. The first-order chi connectivity index (χ1) is 9.67. The van der Waals surface area contributed by atoms with Gasteiger partial charge in [-0.05, 0) is 48.6 Å². The van der Waals surface area contributed by atoms with E-state index in [1.807, 2.05) is 0 Å². The van der Waals surface area contributed by atoms with E-state index >= 15 is 0 Å². The zero-order chi connectivity index (χ0) is 14.3. The van der Waals surface area contributed by atoms with Gasteiger partial charge in [0.25, 0.3) is 5.56 Å². The van der Waals surface area contributed by atoms with Gasteiger partial charge in [-0.15, -0.1) is 0 Å². The second-order valence-electron chi connectivity index (χ2n) is 6.02. The molecule has 1 saturated carbocycles. The van der Waals surface area contributed by atoms with E-state index in [2.05, 4.69) is 49.6 Å². The van der Waals surface area contributed by atoms with Gasteiger partial charge in [0.2, 0.25) is 0 Å². The van der Waals surface area contributed by atoms with Gasteiger partial charge >= 0.3 is 0 Å². The summed E-state index contributed by atoms with van der Waals surface area (Å²) >= 11 is 0. The van der Waals surface area contributed by atoms with Crippen molar-refractivity contribution in [2.45, 2.75) is 58.4 Å². The molecule has 1 heterocycles. The smallest absolute Gasteiger partial charge is 0.259 e. The van der Waals surface area contributed by atoms with Crippen molar-refractivity contribution in [2.24, 2.45) is 0 Å². The van der Waals surface area contributed by atoms with E-state index in [1.54, 1.807) is 0 Å². The number of benzene rings is 1. The largest absolute Gasteiger partial charge is 0.309 e. The molecular weight excluding hydrogens is 246 g/mol. The van der Waals surface area contributed by atoms with E-state index in [1.165, 1.54) is 11.3 Å². The Morgan fingerprint density at radius 1 is 1.30 bits per heavy atom. The summed E-state index contributed by atoms with van der Waals surface area (Å²) in [7, 11) is 0. The van der Waals surface area contributed by atoms with Crippen molar-refractivity contribution >= 4 is 10.8 Å². The highest BCUT2D eigenvalue weighted by Crippen LogP contribution is 2.36. The molecule has 0 spiro atoms. The predicted molar refractivity (Wildman–Crippen MR) is 84.6 cm³/mol. The minimum Gasteiger partial charge on any atom is -0.309 e. The zero-order valence-corrected chi connectivity index (χ0v) is 12.6. The molecule has 1 unspecified atom stereocenters. The molecule has 2 nitrogen and oxygen atoms in total. The van der Waals surface area contributed by atoms with E-state index < -0.39 is 0 Å². The Morgan fingerprint density at radius 2 is 2.05 bits per heavy atom. The Hall–Kier alpha value is -1.57. The zero-order valence-electron chi connectivity index (χ0n) is 12.6. The molecule has 0 N–H and O–H groups in total. The maximum absolute atomic E-state index is 13.0. The van der Waals surface area contributed by atoms with E-state index in [-0.39, 0.29) is 5.56 Å². The van der Waals surface area contributed by atoms with Crippen LogP contribution in [0.1, 0.15) is 63.3 Å². The predicted octanol–water partition coefficient (Wildman–Crippen LogP) is 4.41. The average molecular weight is 269 g/mol. The molecule has 0 bridgehead atoms. The molecule has 3 rings (SSSR count). The highest BCUT2D eigenvalue weighted by Gasteiger charge is 2.27. The summed E-state index contributed by atoms with van der Waals surface area (Å²) in [6, 6.07) is 8.97. The minimum atomic E-state index is 0.234. The van der Waals surface area contributed by atoms with Gasteiger partial charge in [0.05, 0.1) is 5.39 Å². The van der Waals surface area contributed by atoms with Crippen LogP contribution in [0.3, 0.4) is 0 Å². The molecule has 0 saturated heterocycles. The third-order valence-corrected chi connectivity index (χ3v) is 4.61. The molecule has 1 aliphatic rings. The van der Waals surface area contributed by atoms with Crippen LogP contribution in [-0.2, 0) is 6.42 Å². The number of aryl methyl sites for hydroxylation is 1. The lowest BCUT2D eigenvalue weighted by atomic mass is 9.93. The molecule has 1 fully saturated rings. The van der Waals surface area contributed by atoms with Crippen molar-refractivity contribution in [3.8, 4) is 0 Å². The van der Waals surface area contributed by atoms with Crippen LogP contribution >= 0.6 is 0 Å². The van der Waals surface area contributed by atoms with Gasteiger partial charge in [-0.2, -0.15) is 0 Å². The lowest BCUT2D eigenvalue weighted by molar-refractivity contribution is 0.667. The fraction of sp³-hybridized carbons (Fsp3) is 0.500. The molecule has 1 aromatic heterocycles. The third kappa shape index (κ3) is 2.07. The van der Waals surface area contributed by atoms with Crippen LogP contribution in [0.15, 0.2) is 29.1 Å². The number of fused-ring (bicyclic) bond motifs is 1. The fourth-order valence-corrected chi connectivity index (χ4v) is 3.09. The molecule has 1 aliphatic carbocycles. The number of aromatic nitrogens is 1. The summed E-state index contributed by atoms with van der Waals surface area (Å²) < 4.78 is 2.06. The van der Waals surface area contributed by atoms with Crippen molar-refractivity contribution in [3.63, 3.8) is 0 Å². The van der Waals surface area contributed by atoms with Crippen molar-refractivity contribution in [1.29, 1.82) is 0 Å². The van der Waals surface area contributed by atoms with Crippen LogP contribution in [-0.4, -0.2) is 4.57 Å². The summed E-state index contributed by atoms with van der Waals surface area (Å²) in [6.45, 7) is 6.53. The highest BCUT2D eigenvalue weighted by atomic mass is 16.1. The quantitative estimate of drug-likeness (QED) is 0.805. The number of hydrogen-bond donors (Lipinski definition) is 0. The molecule has 1 aromatic carbocycles. The van der Waals surface area contributed by atoms with Gasteiger partial charge in [-0.25, -0.2) is 0 Å². The van der Waals surface area contributed by atoms with Gasteiger partial charge < -0.3 is 4.57 Å². The highest BCUT2D eigenvalue weighted by molar-refractivity contribution is 5.85. The van der Waals surface area contributed by atoms with Gasteiger partial charge in [-0.1, -0.05) is 39.0 Å². The SMILES string of the molecule is CCc1cc2cccc(C(C)CC)c2c(=O)n1C1CC1. The van der Waals surface area contributed by atoms with Gasteiger partial charge in [0.15, 0.2) is 0 Å². The molecule has 106 valence electrons. The fourth-order valence-electron chi connectivity index (χ4n) is 3.09. The molecule has 0 aliphatic heterocycles. The Kier molecular flexibility index (Phi) is 3.41. The monoisotopic (exact) mass is 269 g/mol. The molecule has 0 amide bonds. The van der Waals surface area contributed by atoms with Gasteiger partial charge in [0, 0.05) is 11.7 Å². The van der Waals surface area contributed by atoms with Crippen LogP contribution in [0.5, 0.6) is 0 Å². The summed E-state index contributed by atoms with van der Waals surface area (Å²) in [4.78, 5) is 13.0. The number of hydrogen-bond acceptors (Lipinski definition) is 1. The molecule has 1 atom stereocenters. The second kappa shape index (κ2) is 5.08. The maximum atomic E-state index is 13.0. The van der Waals surface area contributed by atoms with Gasteiger partial charge in [-0.3, -0.25) is 4.79 Å². The molecule has 2 aromatic rings. The molecular formula is C18H23NO. The normalized spacial score (nSPS) is 16.6. The van der Waals surface area contributed by atoms with Crippen LogP contribution in [0, 0.1) is 0 Å². The van der Waals surface area contributed by atoms with Crippen molar-refractivity contribution in [2.75, 3.05) is 0 Å². The van der Waals surface area contributed by atoms with E-state index in [9.17, 15) is 4.79 Å². The van der Waals surface area contributed by atoms with Crippen molar-refractivity contribution in [3.05, 3.63) is 45.9 Å². The minimum absolute atomic E-state index is 0.234. The summed E-state index contributed by atoms with van der Waals surface area (Å²) in [6.07, 6.45) is 4.31. The Bertz CT molecular complexity index is 694. The van der Waals surface area contributed by atoms with Crippen LogP contribution < -0.4 is 5.56 Å². The first-order valence-electron chi connectivity index (χ1n) is 7.84. The van der Waals surface area contributed by atoms with Crippen LogP contribution in [0.4, 0.5) is 0 Å². The van der Waals surface area contributed by atoms with Gasteiger partial charge in [0.1, 0.15) is 0 Å². The first-order valence-corrected chi connectivity index (χ1v) is 7.84. The summed E-state index contributed by atoms with van der Waals surface area (Å²) in [5.41, 5.74) is 2.64. The topological polar surface area (TPSA) is 22.0 Å². The van der Waals surface area contributed by atoms with E-state index in [0.29, 0.717) is 12.0 Å². The lowest BCUT2D eigenvalue weighted by Gasteiger charge is -2.17. The number of pyridine rings is 1. The lowest BCUT2D eigenvalue weighted by Crippen LogP contribution is -2.23. The molecule has 2 heteroatoms. The Labute approximate surface area is 120 Å². The van der Waals surface area contributed by atoms with Crippen LogP contribution in [0.2, 0.25) is 0 Å². The molecule has 0 radical (unpaired) electrons. The average Bonchev–Trinajstić information content (AvgIpc) is 3.29. The van der Waals surface area contributed by atoms with E-state index in [0.717, 1.165) is 36.5 Å². The first kappa shape index (κ1) is 13.4. The molecule has 20 heavy (non-hydrogen) atoms. The standard InChI is InChI=1S/C18H23NO/c1-4-12(3)16-8-6-7-13-11-14(5-2)19(15-9-10-15)18(20)17(13)16/h6-8,11-12,15H,4-5,9-10H2,1-3H3. The number of rotatable bonds is 4. The second-order valence-corrected chi connectivity index (χ2v) is 6.02. The van der Waals surface area contributed by atoms with Crippen molar-refractivity contribution in [1.82, 2.24) is 4.57 Å². The van der Waals surface area contributed by atoms with E-state index in [4.69, 9.17) is 0 Å². The van der Waals surface area contributed by atoms with Crippen molar-refractivity contribution < 1.29 is 0 Å². The third-order valence-electron chi connectivity index (χ3n) is 4.61. The Morgan fingerprint density at radius 3 is 2.65 bits per heavy atom. The summed E-state index contributed by atoms with van der Waals surface area (Å²) in [5.74, 6) is 0.437. The Balaban J connectivity index is 2.34.